The van der Waals surface area contributed by atoms with Gasteiger partial charge in [-0.05, 0) is 59.8 Å². The second-order valence-corrected chi connectivity index (χ2v) is 9.70. The second kappa shape index (κ2) is 9.49. The fourth-order valence-electron chi connectivity index (χ4n) is 5.77. The number of benzene rings is 2. The molecule has 2 aromatic rings. The molecule has 7 heteroatoms. The monoisotopic (exact) mass is 462 g/mol. The molecule has 1 saturated carbocycles. The minimum atomic E-state index is -0.912. The summed E-state index contributed by atoms with van der Waals surface area (Å²) >= 11 is 0. The van der Waals surface area contributed by atoms with Crippen LogP contribution in [-0.2, 0) is 14.3 Å². The van der Waals surface area contributed by atoms with Gasteiger partial charge in [0.1, 0.15) is 12.6 Å². The lowest BCUT2D eigenvalue weighted by molar-refractivity contribution is -0.149. The van der Waals surface area contributed by atoms with Gasteiger partial charge in [-0.15, -0.1) is 0 Å². The van der Waals surface area contributed by atoms with Crippen molar-refractivity contribution in [1.82, 2.24) is 10.2 Å². The molecule has 3 aliphatic rings. The third-order valence-electron chi connectivity index (χ3n) is 7.53. The van der Waals surface area contributed by atoms with E-state index in [9.17, 15) is 19.5 Å². The van der Waals surface area contributed by atoms with Gasteiger partial charge in [-0.3, -0.25) is 4.79 Å². The molecule has 7 nitrogen and oxygen atoms in total. The molecule has 0 bridgehead atoms. The van der Waals surface area contributed by atoms with Crippen LogP contribution in [0.15, 0.2) is 48.5 Å². The van der Waals surface area contributed by atoms with E-state index in [2.05, 4.69) is 29.6 Å². The van der Waals surface area contributed by atoms with Crippen LogP contribution < -0.4 is 5.32 Å². The standard InChI is InChI=1S/C27H30N2O5/c30-25(29-11-5-10-24(29)26(31)32)14-17-12-18(13-17)15-28-27(33)34-16-23-21-8-3-1-6-19(21)20-7-2-4-9-22(20)23/h1-4,6-9,17-18,23-24H,5,10-16H2,(H,28,33)(H,31,32). The van der Waals surface area contributed by atoms with Crippen molar-refractivity contribution in [2.75, 3.05) is 19.7 Å². The Balaban J connectivity index is 1.05. The average molecular weight is 463 g/mol. The number of carboxylic acids is 1. The molecular weight excluding hydrogens is 432 g/mol. The minimum Gasteiger partial charge on any atom is -0.480 e. The van der Waals surface area contributed by atoms with E-state index in [1.165, 1.54) is 27.2 Å². The highest BCUT2D eigenvalue weighted by atomic mass is 16.5. The highest BCUT2D eigenvalue weighted by Crippen LogP contribution is 2.44. The number of rotatable bonds is 7. The predicted molar refractivity (Wildman–Crippen MR) is 126 cm³/mol. The second-order valence-electron chi connectivity index (χ2n) is 9.70. The first-order chi connectivity index (χ1) is 16.5. The quantitative estimate of drug-likeness (QED) is 0.648. The maximum Gasteiger partial charge on any atom is 0.407 e. The van der Waals surface area contributed by atoms with Crippen molar-refractivity contribution in [3.05, 3.63) is 59.7 Å². The number of alkyl carbamates (subject to hydrolysis) is 1. The van der Waals surface area contributed by atoms with Crippen LogP contribution in [0.3, 0.4) is 0 Å². The maximum atomic E-state index is 12.5. The Morgan fingerprint density at radius 2 is 1.62 bits per heavy atom. The van der Waals surface area contributed by atoms with Gasteiger partial charge >= 0.3 is 12.1 Å². The van der Waals surface area contributed by atoms with Crippen molar-refractivity contribution >= 4 is 18.0 Å². The zero-order chi connectivity index (χ0) is 23.7. The molecule has 1 saturated heterocycles. The number of likely N-dealkylation sites (tertiary alicyclic amines) is 1. The zero-order valence-electron chi connectivity index (χ0n) is 19.1. The molecular formula is C27H30N2O5. The van der Waals surface area contributed by atoms with Gasteiger partial charge in [-0.2, -0.15) is 0 Å². The Morgan fingerprint density at radius 3 is 2.26 bits per heavy atom. The molecule has 2 aliphatic carbocycles. The molecule has 2 fully saturated rings. The van der Waals surface area contributed by atoms with Gasteiger partial charge < -0.3 is 20.1 Å². The molecule has 1 aliphatic heterocycles. The van der Waals surface area contributed by atoms with E-state index in [-0.39, 0.29) is 17.7 Å². The van der Waals surface area contributed by atoms with E-state index in [0.29, 0.717) is 38.5 Å². The summed E-state index contributed by atoms with van der Waals surface area (Å²) in [6.45, 7) is 1.36. The summed E-state index contributed by atoms with van der Waals surface area (Å²) in [7, 11) is 0. The Morgan fingerprint density at radius 1 is 0.971 bits per heavy atom. The number of hydrogen-bond acceptors (Lipinski definition) is 4. The number of amides is 2. The summed E-state index contributed by atoms with van der Waals surface area (Å²) in [4.78, 5) is 37.7. The first-order valence-corrected chi connectivity index (χ1v) is 12.1. The van der Waals surface area contributed by atoms with Gasteiger partial charge in [0.05, 0.1) is 0 Å². The van der Waals surface area contributed by atoms with E-state index in [4.69, 9.17) is 4.74 Å². The van der Waals surface area contributed by atoms with Gasteiger partial charge in [0.15, 0.2) is 0 Å². The van der Waals surface area contributed by atoms with Gasteiger partial charge in [0, 0.05) is 25.4 Å². The molecule has 0 aromatic heterocycles. The fraction of sp³-hybridized carbons (Fsp3) is 0.444. The average Bonchev–Trinajstić information content (AvgIpc) is 3.43. The molecule has 2 aromatic carbocycles. The number of nitrogens with one attached hydrogen (secondary N) is 1. The lowest BCUT2D eigenvalue weighted by Crippen LogP contribution is -2.43. The van der Waals surface area contributed by atoms with Gasteiger partial charge in [0.2, 0.25) is 5.91 Å². The van der Waals surface area contributed by atoms with Crippen LogP contribution >= 0.6 is 0 Å². The third-order valence-corrected chi connectivity index (χ3v) is 7.53. The Bertz CT molecular complexity index is 1050. The van der Waals surface area contributed by atoms with E-state index >= 15 is 0 Å². The van der Waals surface area contributed by atoms with Crippen LogP contribution in [0, 0.1) is 11.8 Å². The lowest BCUT2D eigenvalue weighted by atomic mass is 9.73. The van der Waals surface area contributed by atoms with Crippen molar-refractivity contribution in [2.45, 2.75) is 44.1 Å². The first-order valence-electron chi connectivity index (χ1n) is 12.1. The molecule has 1 atom stereocenters. The summed E-state index contributed by atoms with van der Waals surface area (Å²) in [5.41, 5.74) is 4.77. The van der Waals surface area contributed by atoms with E-state index in [0.717, 1.165) is 19.3 Å². The van der Waals surface area contributed by atoms with Gasteiger partial charge in [-0.25, -0.2) is 9.59 Å². The number of aliphatic carboxylic acids is 1. The molecule has 5 rings (SSSR count). The molecule has 178 valence electrons. The van der Waals surface area contributed by atoms with Crippen molar-refractivity contribution in [1.29, 1.82) is 0 Å². The number of carbonyl (C=O) groups excluding carboxylic acids is 2. The number of carbonyl (C=O) groups is 3. The number of ether oxygens (including phenoxy) is 1. The highest BCUT2D eigenvalue weighted by Gasteiger charge is 2.37. The maximum absolute atomic E-state index is 12.5. The van der Waals surface area contributed by atoms with Crippen LogP contribution in [0.2, 0.25) is 0 Å². The van der Waals surface area contributed by atoms with Gasteiger partial charge in [0.25, 0.3) is 0 Å². The molecule has 0 spiro atoms. The smallest absolute Gasteiger partial charge is 0.407 e. The molecule has 2 amide bonds. The molecule has 1 heterocycles. The van der Waals surface area contributed by atoms with Crippen molar-refractivity contribution in [3.8, 4) is 11.1 Å². The number of carboxylic acid groups (broad SMARTS) is 1. The van der Waals surface area contributed by atoms with Gasteiger partial charge in [-0.1, -0.05) is 48.5 Å². The Labute approximate surface area is 199 Å². The fourth-order valence-corrected chi connectivity index (χ4v) is 5.77. The molecule has 34 heavy (non-hydrogen) atoms. The van der Waals surface area contributed by atoms with Crippen LogP contribution in [0.4, 0.5) is 4.79 Å². The van der Waals surface area contributed by atoms with Crippen LogP contribution in [0.1, 0.15) is 49.1 Å². The summed E-state index contributed by atoms with van der Waals surface area (Å²) in [6.07, 6.45) is 2.99. The van der Waals surface area contributed by atoms with Crippen LogP contribution in [0.25, 0.3) is 11.1 Å². The molecule has 0 radical (unpaired) electrons. The van der Waals surface area contributed by atoms with Crippen LogP contribution in [0.5, 0.6) is 0 Å². The molecule has 1 unspecified atom stereocenters. The summed E-state index contributed by atoms with van der Waals surface area (Å²) in [6, 6.07) is 15.8. The lowest BCUT2D eigenvalue weighted by Gasteiger charge is -2.36. The SMILES string of the molecule is O=C(NCC1CC(CC(=O)N2CCCC2C(=O)O)C1)OCC1c2ccccc2-c2ccccc21. The third kappa shape index (κ3) is 4.39. The first kappa shape index (κ1) is 22.4. The van der Waals surface area contributed by atoms with Crippen molar-refractivity contribution in [3.63, 3.8) is 0 Å². The summed E-state index contributed by atoms with van der Waals surface area (Å²) < 4.78 is 5.59. The Kier molecular flexibility index (Phi) is 6.26. The molecule has 2 N–H and O–H groups in total. The largest absolute Gasteiger partial charge is 0.480 e. The zero-order valence-corrected chi connectivity index (χ0v) is 19.1. The van der Waals surface area contributed by atoms with Crippen LogP contribution in [-0.4, -0.2) is 53.7 Å². The number of fused-ring (bicyclic) bond motifs is 3. The summed E-state index contributed by atoms with van der Waals surface area (Å²) in [5, 5.41) is 12.1. The van der Waals surface area contributed by atoms with E-state index in [1.54, 1.807) is 0 Å². The normalized spacial score (nSPS) is 23.1. The van der Waals surface area contributed by atoms with E-state index < -0.39 is 18.1 Å². The topological polar surface area (TPSA) is 95.9 Å². The highest BCUT2D eigenvalue weighted by molar-refractivity contribution is 5.84. The minimum absolute atomic E-state index is 0.0393. The summed E-state index contributed by atoms with van der Waals surface area (Å²) in [5.74, 6) is -0.344. The number of nitrogens with zero attached hydrogens (tertiary/aromatic N) is 1. The predicted octanol–water partition coefficient (Wildman–Crippen LogP) is 4.02. The Hall–Kier alpha value is -3.35. The number of hydrogen-bond donors (Lipinski definition) is 2. The van der Waals surface area contributed by atoms with E-state index in [1.807, 2.05) is 24.3 Å². The van der Waals surface area contributed by atoms with Crippen molar-refractivity contribution < 1.29 is 24.2 Å². The van der Waals surface area contributed by atoms with Crippen molar-refractivity contribution in [2.24, 2.45) is 11.8 Å².